The highest BCUT2D eigenvalue weighted by Gasteiger charge is 2.23. The van der Waals surface area contributed by atoms with Crippen molar-refractivity contribution in [2.75, 3.05) is 5.32 Å². The molecule has 1 aromatic heterocycles. The Bertz CT molecular complexity index is 680. The third-order valence-corrected chi connectivity index (χ3v) is 4.74. The second-order valence-corrected chi connectivity index (χ2v) is 6.15. The first-order valence-corrected chi connectivity index (χ1v) is 8.43. The molecule has 0 spiro atoms. The molecule has 3 rings (SSSR count). The van der Waals surface area contributed by atoms with Crippen molar-refractivity contribution in [1.29, 1.82) is 0 Å². The van der Waals surface area contributed by atoms with E-state index in [0.29, 0.717) is 12.0 Å². The second-order valence-electron chi connectivity index (χ2n) is 6.15. The maximum Gasteiger partial charge on any atom is 0.145 e. The maximum absolute atomic E-state index is 5.66. The van der Waals surface area contributed by atoms with Gasteiger partial charge in [0.2, 0.25) is 0 Å². The van der Waals surface area contributed by atoms with Crippen LogP contribution in [0.1, 0.15) is 55.3 Å². The van der Waals surface area contributed by atoms with Crippen molar-refractivity contribution in [3.05, 3.63) is 53.5 Å². The van der Waals surface area contributed by atoms with E-state index in [1.807, 2.05) is 0 Å². The number of aryl methyl sites for hydroxylation is 1. The smallest absolute Gasteiger partial charge is 0.145 e. The summed E-state index contributed by atoms with van der Waals surface area (Å²) in [6, 6.07) is 11.3. The number of anilines is 1. The molecule has 3 nitrogen and oxygen atoms in total. The number of rotatable bonds is 4. The van der Waals surface area contributed by atoms with Gasteiger partial charge in [-0.2, -0.15) is 0 Å². The van der Waals surface area contributed by atoms with Crippen molar-refractivity contribution in [3.8, 4) is 12.3 Å². The van der Waals surface area contributed by atoms with Crippen LogP contribution in [0.15, 0.2) is 36.7 Å². The zero-order valence-corrected chi connectivity index (χ0v) is 13.6. The Kier molecular flexibility index (Phi) is 4.92. The summed E-state index contributed by atoms with van der Waals surface area (Å²) >= 11 is 0. The van der Waals surface area contributed by atoms with Crippen molar-refractivity contribution in [2.45, 2.75) is 51.0 Å². The van der Waals surface area contributed by atoms with Crippen LogP contribution in [-0.4, -0.2) is 16.0 Å². The topological polar surface area (TPSA) is 37.8 Å². The van der Waals surface area contributed by atoms with E-state index in [2.05, 4.69) is 58.5 Å². The molecule has 1 saturated carbocycles. The summed E-state index contributed by atoms with van der Waals surface area (Å²) < 4.78 is 0. The minimum absolute atomic E-state index is 0.446. The summed E-state index contributed by atoms with van der Waals surface area (Å²) in [4.78, 5) is 8.64. The average Bonchev–Trinajstić information content (AvgIpc) is 2.63. The van der Waals surface area contributed by atoms with Crippen molar-refractivity contribution in [2.24, 2.45) is 0 Å². The molecule has 1 N–H and O–H groups in total. The van der Waals surface area contributed by atoms with Crippen LogP contribution >= 0.6 is 0 Å². The van der Waals surface area contributed by atoms with Gasteiger partial charge in [0.15, 0.2) is 0 Å². The molecule has 1 aliphatic rings. The first kappa shape index (κ1) is 15.6. The Morgan fingerprint density at radius 1 is 1.13 bits per heavy atom. The third-order valence-electron chi connectivity index (χ3n) is 4.74. The average molecular weight is 305 g/mol. The van der Waals surface area contributed by atoms with Crippen LogP contribution in [0.4, 0.5) is 5.82 Å². The van der Waals surface area contributed by atoms with E-state index in [1.165, 1.54) is 18.4 Å². The van der Waals surface area contributed by atoms with Crippen LogP contribution in [0.25, 0.3) is 0 Å². The highest BCUT2D eigenvalue weighted by atomic mass is 15.0. The fraction of sp³-hybridized carbons (Fsp3) is 0.400. The predicted octanol–water partition coefficient (Wildman–Crippen LogP) is 4.16. The molecule has 1 aliphatic carbocycles. The van der Waals surface area contributed by atoms with Gasteiger partial charge in [-0.15, -0.1) is 6.42 Å². The van der Waals surface area contributed by atoms with E-state index >= 15 is 0 Å². The minimum atomic E-state index is 0.446. The molecule has 0 amide bonds. The summed E-state index contributed by atoms with van der Waals surface area (Å²) in [5.74, 6) is 4.25. The Hall–Kier alpha value is -2.34. The van der Waals surface area contributed by atoms with Crippen molar-refractivity contribution in [3.63, 3.8) is 0 Å². The van der Waals surface area contributed by atoms with Gasteiger partial charge in [0.25, 0.3) is 0 Å². The van der Waals surface area contributed by atoms with Crippen LogP contribution in [0.2, 0.25) is 0 Å². The zero-order chi connectivity index (χ0) is 16.1. The highest BCUT2D eigenvalue weighted by Crippen LogP contribution is 2.34. The van der Waals surface area contributed by atoms with Crippen LogP contribution in [-0.2, 0) is 6.42 Å². The Labute approximate surface area is 138 Å². The molecular weight excluding hydrogens is 282 g/mol. The second kappa shape index (κ2) is 7.28. The lowest BCUT2D eigenvalue weighted by Gasteiger charge is -2.30. The Morgan fingerprint density at radius 3 is 2.52 bits per heavy atom. The number of nitrogens with one attached hydrogen (secondary N) is 1. The molecule has 1 heterocycles. The summed E-state index contributed by atoms with van der Waals surface area (Å²) in [5, 5.41) is 3.55. The molecule has 3 heteroatoms. The predicted molar refractivity (Wildman–Crippen MR) is 94.4 cm³/mol. The summed E-state index contributed by atoms with van der Waals surface area (Å²) in [6.45, 7) is 2.07. The molecule has 0 aliphatic heterocycles. The van der Waals surface area contributed by atoms with Gasteiger partial charge in [0.1, 0.15) is 12.1 Å². The SMILES string of the molecule is C#Cc1c(CC)ncnc1NC1CCC(c2ccccc2)CC1. The fourth-order valence-electron chi connectivity index (χ4n) is 3.44. The molecule has 1 aromatic carbocycles. The molecule has 0 unspecified atom stereocenters. The van der Waals surface area contributed by atoms with Crippen molar-refractivity contribution < 1.29 is 0 Å². The molecule has 0 radical (unpaired) electrons. The minimum Gasteiger partial charge on any atom is -0.366 e. The van der Waals surface area contributed by atoms with Gasteiger partial charge in [-0.3, -0.25) is 0 Å². The number of terminal acetylenes is 1. The van der Waals surface area contributed by atoms with Gasteiger partial charge in [-0.25, -0.2) is 9.97 Å². The summed E-state index contributed by atoms with van der Waals surface area (Å²) in [7, 11) is 0. The van der Waals surface area contributed by atoms with E-state index in [4.69, 9.17) is 6.42 Å². The van der Waals surface area contributed by atoms with Gasteiger partial charge in [0, 0.05) is 6.04 Å². The lowest BCUT2D eigenvalue weighted by Crippen LogP contribution is -2.26. The Morgan fingerprint density at radius 2 is 1.87 bits per heavy atom. The van der Waals surface area contributed by atoms with Gasteiger partial charge in [-0.1, -0.05) is 43.2 Å². The number of aromatic nitrogens is 2. The van der Waals surface area contributed by atoms with Crippen molar-refractivity contribution in [1.82, 2.24) is 9.97 Å². The van der Waals surface area contributed by atoms with Crippen molar-refractivity contribution >= 4 is 5.82 Å². The quantitative estimate of drug-likeness (QED) is 0.862. The number of nitrogens with zero attached hydrogens (tertiary/aromatic N) is 2. The molecular formula is C20H23N3. The van der Waals surface area contributed by atoms with E-state index in [0.717, 1.165) is 36.3 Å². The standard InChI is InChI=1S/C20H23N3/c1-3-18-19(4-2)21-14-22-20(18)23-17-12-10-16(11-13-17)15-8-6-5-7-9-15/h1,5-9,14,16-17H,4,10-13H2,2H3,(H,21,22,23). The molecule has 0 bridgehead atoms. The monoisotopic (exact) mass is 305 g/mol. The van der Waals surface area contributed by atoms with Crippen LogP contribution in [0.3, 0.4) is 0 Å². The first-order chi connectivity index (χ1) is 11.3. The van der Waals surface area contributed by atoms with E-state index in [-0.39, 0.29) is 0 Å². The highest BCUT2D eigenvalue weighted by molar-refractivity contribution is 5.55. The maximum atomic E-state index is 5.66. The summed E-state index contributed by atoms with van der Waals surface area (Å²) in [6.07, 6.45) is 12.8. The molecule has 2 aromatic rings. The van der Waals surface area contributed by atoms with Crippen LogP contribution in [0, 0.1) is 12.3 Å². The van der Waals surface area contributed by atoms with E-state index in [1.54, 1.807) is 6.33 Å². The van der Waals surface area contributed by atoms with Gasteiger partial charge >= 0.3 is 0 Å². The lowest BCUT2D eigenvalue weighted by atomic mass is 9.82. The van der Waals surface area contributed by atoms with E-state index in [9.17, 15) is 0 Å². The fourth-order valence-corrected chi connectivity index (χ4v) is 3.44. The first-order valence-electron chi connectivity index (χ1n) is 8.43. The van der Waals surface area contributed by atoms with Crippen LogP contribution < -0.4 is 5.32 Å². The number of hydrogen-bond donors (Lipinski definition) is 1. The molecule has 0 saturated heterocycles. The summed E-state index contributed by atoms with van der Waals surface area (Å²) in [5.41, 5.74) is 3.23. The third kappa shape index (κ3) is 3.53. The molecule has 118 valence electrons. The van der Waals surface area contributed by atoms with Gasteiger partial charge in [0.05, 0.1) is 11.3 Å². The molecule has 1 fully saturated rings. The zero-order valence-electron chi connectivity index (χ0n) is 13.6. The van der Waals surface area contributed by atoms with Gasteiger partial charge in [-0.05, 0) is 43.6 Å². The lowest BCUT2D eigenvalue weighted by molar-refractivity contribution is 0.411. The van der Waals surface area contributed by atoms with E-state index < -0.39 is 0 Å². The molecule has 23 heavy (non-hydrogen) atoms. The largest absolute Gasteiger partial charge is 0.366 e. The number of hydrogen-bond acceptors (Lipinski definition) is 3. The van der Waals surface area contributed by atoms with Gasteiger partial charge < -0.3 is 5.32 Å². The normalized spacial score (nSPS) is 20.7. The Balaban J connectivity index is 1.65. The molecule has 0 atom stereocenters. The van der Waals surface area contributed by atoms with Crippen LogP contribution in [0.5, 0.6) is 0 Å². The number of benzene rings is 1.